The molecular weight excluding hydrogens is 385 g/mol. The monoisotopic (exact) mass is 404 g/mol. The van der Waals surface area contributed by atoms with E-state index in [4.69, 9.17) is 0 Å². The Morgan fingerprint density at radius 3 is 2.34 bits per heavy atom. The van der Waals surface area contributed by atoms with Crippen molar-refractivity contribution >= 4 is 23.2 Å². The summed E-state index contributed by atoms with van der Waals surface area (Å²) in [5.41, 5.74) is 2.46. The van der Waals surface area contributed by atoms with E-state index in [1.165, 1.54) is 18.2 Å². The summed E-state index contributed by atoms with van der Waals surface area (Å²) in [5.74, 6) is -0.439. The lowest BCUT2D eigenvalue weighted by Crippen LogP contribution is -2.35. The molecule has 0 atom stereocenters. The standard InChI is InChI=1S/C21H19F3N2O3/c22-21(23,24)29-17-9-10-18-15(13-17)3-1-12-26(18)20(28)14-5-7-16(8-6-14)25-11-2-4-19(25)27/h5-10,13H,1-4,11-12H2. The summed E-state index contributed by atoms with van der Waals surface area (Å²) >= 11 is 0. The minimum absolute atomic E-state index is 0.0749. The first-order valence-corrected chi connectivity index (χ1v) is 9.43. The number of fused-ring (bicyclic) bond motifs is 1. The Bertz CT molecular complexity index is 941. The molecule has 0 aliphatic carbocycles. The fraction of sp³-hybridized carbons (Fsp3) is 0.333. The molecule has 2 aromatic rings. The highest BCUT2D eigenvalue weighted by Crippen LogP contribution is 2.33. The summed E-state index contributed by atoms with van der Waals surface area (Å²) in [6, 6.07) is 10.9. The number of carbonyl (C=O) groups is 2. The highest BCUT2D eigenvalue weighted by molar-refractivity contribution is 6.07. The van der Waals surface area contributed by atoms with E-state index in [-0.39, 0.29) is 17.6 Å². The van der Waals surface area contributed by atoms with Crippen LogP contribution in [0.4, 0.5) is 24.5 Å². The lowest BCUT2D eigenvalue weighted by atomic mass is 10.00. The van der Waals surface area contributed by atoms with E-state index in [9.17, 15) is 22.8 Å². The highest BCUT2D eigenvalue weighted by Gasteiger charge is 2.32. The summed E-state index contributed by atoms with van der Waals surface area (Å²) in [6.07, 6.45) is -2.18. The summed E-state index contributed by atoms with van der Waals surface area (Å²) in [5, 5.41) is 0. The number of hydrogen-bond acceptors (Lipinski definition) is 3. The zero-order valence-electron chi connectivity index (χ0n) is 15.5. The zero-order valence-corrected chi connectivity index (χ0v) is 15.5. The predicted octanol–water partition coefficient (Wildman–Crippen LogP) is 4.31. The minimum atomic E-state index is -4.75. The van der Waals surface area contributed by atoms with Crippen molar-refractivity contribution in [3.63, 3.8) is 0 Å². The van der Waals surface area contributed by atoms with Gasteiger partial charge in [0.1, 0.15) is 5.75 Å². The molecule has 0 unspecified atom stereocenters. The number of anilines is 2. The highest BCUT2D eigenvalue weighted by atomic mass is 19.4. The van der Waals surface area contributed by atoms with E-state index in [1.807, 2.05) is 0 Å². The van der Waals surface area contributed by atoms with Gasteiger partial charge in [0.2, 0.25) is 5.91 Å². The van der Waals surface area contributed by atoms with Crippen LogP contribution in [0.2, 0.25) is 0 Å². The maximum atomic E-state index is 13.0. The van der Waals surface area contributed by atoms with Crippen LogP contribution < -0.4 is 14.5 Å². The second-order valence-corrected chi connectivity index (χ2v) is 7.09. The summed E-state index contributed by atoms with van der Waals surface area (Å²) in [6.45, 7) is 1.16. The molecule has 8 heteroatoms. The molecule has 2 heterocycles. The van der Waals surface area contributed by atoms with Gasteiger partial charge in [0, 0.05) is 36.4 Å². The van der Waals surface area contributed by atoms with Crippen LogP contribution >= 0.6 is 0 Å². The number of nitrogens with zero attached hydrogens (tertiary/aromatic N) is 2. The predicted molar refractivity (Wildman–Crippen MR) is 101 cm³/mol. The number of hydrogen-bond donors (Lipinski definition) is 0. The number of rotatable bonds is 3. The maximum Gasteiger partial charge on any atom is 0.573 e. The van der Waals surface area contributed by atoms with Crippen molar-refractivity contribution in [3.05, 3.63) is 53.6 Å². The fourth-order valence-electron chi connectivity index (χ4n) is 3.84. The molecule has 0 aromatic heterocycles. The van der Waals surface area contributed by atoms with Gasteiger partial charge < -0.3 is 14.5 Å². The van der Waals surface area contributed by atoms with Gasteiger partial charge in [0.15, 0.2) is 0 Å². The molecule has 4 rings (SSSR count). The van der Waals surface area contributed by atoms with Crippen LogP contribution in [0.15, 0.2) is 42.5 Å². The molecule has 152 valence electrons. The number of amides is 2. The molecule has 2 amide bonds. The topological polar surface area (TPSA) is 49.9 Å². The third-order valence-electron chi connectivity index (χ3n) is 5.15. The van der Waals surface area contributed by atoms with Crippen LogP contribution in [0.1, 0.15) is 35.2 Å². The summed E-state index contributed by atoms with van der Waals surface area (Å²) < 4.78 is 41.4. The van der Waals surface area contributed by atoms with Gasteiger partial charge >= 0.3 is 6.36 Å². The van der Waals surface area contributed by atoms with Gasteiger partial charge in [0.05, 0.1) is 0 Å². The van der Waals surface area contributed by atoms with Crippen molar-refractivity contribution in [3.8, 4) is 5.75 Å². The fourth-order valence-corrected chi connectivity index (χ4v) is 3.84. The molecule has 0 N–H and O–H groups in total. The molecule has 0 bridgehead atoms. The summed E-state index contributed by atoms with van der Waals surface area (Å²) in [4.78, 5) is 28.1. The van der Waals surface area contributed by atoms with Crippen LogP contribution in [0, 0.1) is 0 Å². The molecule has 2 aromatic carbocycles. The van der Waals surface area contributed by atoms with Gasteiger partial charge in [-0.1, -0.05) is 0 Å². The maximum absolute atomic E-state index is 13.0. The molecule has 0 saturated carbocycles. The first-order chi connectivity index (χ1) is 13.8. The normalized spacial score (nSPS) is 16.7. The van der Waals surface area contributed by atoms with Gasteiger partial charge in [-0.3, -0.25) is 9.59 Å². The van der Waals surface area contributed by atoms with Crippen LogP contribution in [0.25, 0.3) is 0 Å². The molecule has 0 radical (unpaired) electrons. The molecule has 1 saturated heterocycles. The second-order valence-electron chi connectivity index (χ2n) is 7.09. The molecule has 1 fully saturated rings. The van der Waals surface area contributed by atoms with Crippen LogP contribution in [-0.4, -0.2) is 31.3 Å². The third-order valence-corrected chi connectivity index (χ3v) is 5.15. The minimum Gasteiger partial charge on any atom is -0.406 e. The number of halogens is 3. The van der Waals surface area contributed by atoms with E-state index in [1.54, 1.807) is 34.1 Å². The van der Waals surface area contributed by atoms with Crippen molar-refractivity contribution in [2.45, 2.75) is 32.0 Å². The molecule has 0 spiro atoms. The van der Waals surface area contributed by atoms with Crippen molar-refractivity contribution in [1.29, 1.82) is 0 Å². The van der Waals surface area contributed by atoms with E-state index >= 15 is 0 Å². The van der Waals surface area contributed by atoms with Crippen LogP contribution in [-0.2, 0) is 11.2 Å². The van der Waals surface area contributed by atoms with Crippen molar-refractivity contribution in [1.82, 2.24) is 0 Å². The Kier molecular flexibility index (Phi) is 4.94. The lowest BCUT2D eigenvalue weighted by molar-refractivity contribution is -0.274. The SMILES string of the molecule is O=C1CCCN1c1ccc(C(=O)N2CCCc3cc(OC(F)(F)F)ccc32)cc1. The van der Waals surface area contributed by atoms with Gasteiger partial charge in [0.25, 0.3) is 5.91 Å². The quantitative estimate of drug-likeness (QED) is 0.766. The smallest absolute Gasteiger partial charge is 0.406 e. The Hall–Kier alpha value is -3.03. The lowest BCUT2D eigenvalue weighted by Gasteiger charge is -2.30. The largest absolute Gasteiger partial charge is 0.573 e. The van der Waals surface area contributed by atoms with Crippen molar-refractivity contribution < 1.29 is 27.5 Å². The van der Waals surface area contributed by atoms with Gasteiger partial charge in [-0.2, -0.15) is 0 Å². The van der Waals surface area contributed by atoms with Crippen LogP contribution in [0.5, 0.6) is 5.75 Å². The first kappa shape index (κ1) is 19.3. The van der Waals surface area contributed by atoms with Crippen molar-refractivity contribution in [2.24, 2.45) is 0 Å². The van der Waals surface area contributed by atoms with E-state index in [0.29, 0.717) is 49.2 Å². The summed E-state index contributed by atoms with van der Waals surface area (Å²) in [7, 11) is 0. The Labute approximate surface area is 165 Å². The van der Waals surface area contributed by atoms with Crippen LogP contribution in [0.3, 0.4) is 0 Å². The third kappa shape index (κ3) is 4.06. The molecule has 5 nitrogen and oxygen atoms in total. The number of benzene rings is 2. The van der Waals surface area contributed by atoms with Gasteiger partial charge in [-0.25, -0.2) is 0 Å². The molecule has 2 aliphatic rings. The van der Waals surface area contributed by atoms with Gasteiger partial charge in [-0.15, -0.1) is 13.2 Å². The molecule has 29 heavy (non-hydrogen) atoms. The second kappa shape index (κ2) is 7.42. The first-order valence-electron chi connectivity index (χ1n) is 9.43. The van der Waals surface area contributed by atoms with E-state index < -0.39 is 6.36 Å². The average Bonchev–Trinajstić information content (AvgIpc) is 3.11. The Morgan fingerprint density at radius 2 is 1.69 bits per heavy atom. The Balaban J connectivity index is 1.55. The van der Waals surface area contributed by atoms with Gasteiger partial charge in [-0.05, 0) is 67.3 Å². The number of aryl methyl sites for hydroxylation is 1. The number of ether oxygens (including phenoxy) is 1. The zero-order chi connectivity index (χ0) is 20.6. The number of carbonyl (C=O) groups excluding carboxylic acids is 2. The number of alkyl halides is 3. The molecule has 2 aliphatic heterocycles. The van der Waals surface area contributed by atoms with Crippen molar-refractivity contribution in [2.75, 3.05) is 22.9 Å². The Morgan fingerprint density at radius 1 is 0.966 bits per heavy atom. The van der Waals surface area contributed by atoms with E-state index in [0.717, 1.165) is 12.1 Å². The average molecular weight is 404 g/mol. The van der Waals surface area contributed by atoms with E-state index in [2.05, 4.69) is 4.74 Å². The molecular formula is C21H19F3N2O3.